The highest BCUT2D eigenvalue weighted by molar-refractivity contribution is 5.76. The van der Waals surface area contributed by atoms with Crippen LogP contribution in [0.4, 0.5) is 0 Å². The molecule has 0 aromatic heterocycles. The SMILES string of the molecule is CC=CCC[C@@H](C)C(N)=O. The molecule has 0 aromatic carbocycles. The van der Waals surface area contributed by atoms with E-state index < -0.39 is 0 Å². The molecule has 1 atom stereocenters. The van der Waals surface area contributed by atoms with E-state index in [0.717, 1.165) is 12.8 Å². The van der Waals surface area contributed by atoms with Crippen LogP contribution >= 0.6 is 0 Å². The summed E-state index contributed by atoms with van der Waals surface area (Å²) in [6.45, 7) is 3.82. The van der Waals surface area contributed by atoms with Crippen molar-refractivity contribution in [2.24, 2.45) is 11.7 Å². The lowest BCUT2D eigenvalue weighted by Crippen LogP contribution is -2.20. The van der Waals surface area contributed by atoms with Gasteiger partial charge in [-0.05, 0) is 19.8 Å². The fourth-order valence-corrected chi connectivity index (χ4v) is 0.655. The summed E-state index contributed by atoms with van der Waals surface area (Å²) < 4.78 is 0. The van der Waals surface area contributed by atoms with Gasteiger partial charge in [-0.2, -0.15) is 0 Å². The third-order valence-electron chi connectivity index (χ3n) is 1.49. The Bertz CT molecular complexity index is 129. The Morgan fingerprint density at radius 2 is 2.30 bits per heavy atom. The molecular weight excluding hydrogens is 126 g/mol. The third-order valence-corrected chi connectivity index (χ3v) is 1.49. The largest absolute Gasteiger partial charge is 0.369 e. The lowest BCUT2D eigenvalue weighted by Gasteiger charge is -2.02. The predicted octanol–water partition coefficient (Wildman–Crippen LogP) is 1.46. The summed E-state index contributed by atoms with van der Waals surface area (Å²) in [4.78, 5) is 10.5. The molecule has 2 nitrogen and oxygen atoms in total. The molecule has 0 aliphatic heterocycles. The van der Waals surface area contributed by atoms with Crippen molar-refractivity contribution in [1.82, 2.24) is 0 Å². The molecular formula is C8H15NO. The second-order valence-corrected chi connectivity index (χ2v) is 2.45. The Morgan fingerprint density at radius 1 is 1.70 bits per heavy atom. The number of hydrogen-bond acceptors (Lipinski definition) is 1. The molecule has 0 saturated carbocycles. The summed E-state index contributed by atoms with van der Waals surface area (Å²) in [7, 11) is 0. The number of allylic oxidation sites excluding steroid dienone is 2. The van der Waals surface area contributed by atoms with Crippen molar-refractivity contribution >= 4 is 5.91 Å². The third kappa shape index (κ3) is 4.13. The number of rotatable bonds is 4. The van der Waals surface area contributed by atoms with E-state index >= 15 is 0 Å². The Balaban J connectivity index is 3.39. The quantitative estimate of drug-likeness (QED) is 0.592. The van der Waals surface area contributed by atoms with Crippen molar-refractivity contribution in [3.63, 3.8) is 0 Å². The maximum Gasteiger partial charge on any atom is 0.220 e. The van der Waals surface area contributed by atoms with Gasteiger partial charge < -0.3 is 5.73 Å². The summed E-state index contributed by atoms with van der Waals surface area (Å²) in [5.74, 6) is -0.194. The van der Waals surface area contributed by atoms with Crippen LogP contribution in [0.3, 0.4) is 0 Å². The van der Waals surface area contributed by atoms with E-state index in [2.05, 4.69) is 0 Å². The van der Waals surface area contributed by atoms with E-state index in [4.69, 9.17) is 5.73 Å². The highest BCUT2D eigenvalue weighted by Gasteiger charge is 2.05. The van der Waals surface area contributed by atoms with Crippen molar-refractivity contribution in [3.05, 3.63) is 12.2 Å². The van der Waals surface area contributed by atoms with Crippen LogP contribution in [-0.2, 0) is 4.79 Å². The average molecular weight is 141 g/mol. The molecule has 0 unspecified atom stereocenters. The first-order chi connectivity index (χ1) is 4.68. The van der Waals surface area contributed by atoms with Crippen LogP contribution in [0.1, 0.15) is 26.7 Å². The first kappa shape index (κ1) is 9.21. The fraction of sp³-hybridized carbons (Fsp3) is 0.625. The number of carbonyl (C=O) groups excluding carboxylic acids is 1. The van der Waals surface area contributed by atoms with Crippen molar-refractivity contribution < 1.29 is 4.79 Å². The van der Waals surface area contributed by atoms with E-state index in [1.54, 1.807) is 0 Å². The smallest absolute Gasteiger partial charge is 0.220 e. The van der Waals surface area contributed by atoms with Gasteiger partial charge in [-0.25, -0.2) is 0 Å². The Morgan fingerprint density at radius 3 is 2.70 bits per heavy atom. The second kappa shape index (κ2) is 5.03. The van der Waals surface area contributed by atoms with Crippen LogP contribution in [-0.4, -0.2) is 5.91 Å². The molecule has 10 heavy (non-hydrogen) atoms. The molecule has 58 valence electrons. The van der Waals surface area contributed by atoms with E-state index in [1.165, 1.54) is 0 Å². The first-order valence-electron chi connectivity index (χ1n) is 3.59. The van der Waals surface area contributed by atoms with Gasteiger partial charge in [0.05, 0.1) is 0 Å². The number of amides is 1. The molecule has 2 heteroatoms. The predicted molar refractivity (Wildman–Crippen MR) is 42.4 cm³/mol. The summed E-state index contributed by atoms with van der Waals surface area (Å²) >= 11 is 0. The lowest BCUT2D eigenvalue weighted by atomic mass is 10.1. The van der Waals surface area contributed by atoms with Crippen molar-refractivity contribution in [2.75, 3.05) is 0 Å². The van der Waals surface area contributed by atoms with Crippen LogP contribution in [0.5, 0.6) is 0 Å². The minimum Gasteiger partial charge on any atom is -0.369 e. The van der Waals surface area contributed by atoms with Crippen molar-refractivity contribution in [2.45, 2.75) is 26.7 Å². The normalized spacial score (nSPS) is 13.8. The number of primary amides is 1. The van der Waals surface area contributed by atoms with Gasteiger partial charge in [0.25, 0.3) is 0 Å². The van der Waals surface area contributed by atoms with Gasteiger partial charge in [-0.3, -0.25) is 4.79 Å². The molecule has 0 bridgehead atoms. The summed E-state index contributed by atoms with van der Waals surface area (Å²) in [6, 6.07) is 0. The molecule has 0 aliphatic carbocycles. The van der Waals surface area contributed by atoms with Gasteiger partial charge in [0, 0.05) is 5.92 Å². The molecule has 0 spiro atoms. The highest BCUT2D eigenvalue weighted by Crippen LogP contribution is 2.04. The molecule has 0 aliphatic rings. The summed E-state index contributed by atoms with van der Waals surface area (Å²) in [6.07, 6.45) is 5.83. The zero-order chi connectivity index (χ0) is 7.98. The van der Waals surface area contributed by atoms with Crippen molar-refractivity contribution in [1.29, 1.82) is 0 Å². The minimum absolute atomic E-state index is 0.0104. The molecule has 0 saturated heterocycles. The monoisotopic (exact) mass is 141 g/mol. The molecule has 2 N–H and O–H groups in total. The van der Waals surface area contributed by atoms with Gasteiger partial charge in [-0.15, -0.1) is 0 Å². The molecule has 0 heterocycles. The average Bonchev–Trinajstić information content (AvgIpc) is 1.88. The number of nitrogens with two attached hydrogens (primary N) is 1. The zero-order valence-corrected chi connectivity index (χ0v) is 6.63. The standard InChI is InChI=1S/C8H15NO/c1-3-4-5-6-7(2)8(9)10/h3-4,7H,5-6H2,1-2H3,(H2,9,10)/t7-/m1/s1. The maximum atomic E-state index is 10.5. The van der Waals surface area contributed by atoms with Crippen molar-refractivity contribution in [3.8, 4) is 0 Å². The lowest BCUT2D eigenvalue weighted by molar-refractivity contribution is -0.121. The topological polar surface area (TPSA) is 43.1 Å². The van der Waals surface area contributed by atoms with E-state index in [1.807, 2.05) is 26.0 Å². The van der Waals surface area contributed by atoms with Crippen LogP contribution in [0.25, 0.3) is 0 Å². The van der Waals surface area contributed by atoms with Gasteiger partial charge in [0.15, 0.2) is 0 Å². The van der Waals surface area contributed by atoms with E-state index in [0.29, 0.717) is 0 Å². The molecule has 0 fully saturated rings. The van der Waals surface area contributed by atoms with Crippen LogP contribution in [0, 0.1) is 5.92 Å². The van der Waals surface area contributed by atoms with Crippen LogP contribution in [0.2, 0.25) is 0 Å². The van der Waals surface area contributed by atoms with Gasteiger partial charge in [0.1, 0.15) is 0 Å². The number of hydrogen-bond donors (Lipinski definition) is 1. The van der Waals surface area contributed by atoms with Gasteiger partial charge >= 0.3 is 0 Å². The first-order valence-corrected chi connectivity index (χ1v) is 3.59. The van der Waals surface area contributed by atoms with E-state index in [9.17, 15) is 4.79 Å². The number of carbonyl (C=O) groups is 1. The fourth-order valence-electron chi connectivity index (χ4n) is 0.655. The van der Waals surface area contributed by atoms with Gasteiger partial charge in [0.2, 0.25) is 5.91 Å². The summed E-state index contributed by atoms with van der Waals surface area (Å²) in [5.41, 5.74) is 5.06. The Labute approximate surface area is 62.1 Å². The molecule has 1 amide bonds. The second-order valence-electron chi connectivity index (χ2n) is 2.45. The molecule has 0 radical (unpaired) electrons. The summed E-state index contributed by atoms with van der Waals surface area (Å²) in [5, 5.41) is 0. The Kier molecular flexibility index (Phi) is 4.63. The highest BCUT2D eigenvalue weighted by atomic mass is 16.1. The maximum absolute atomic E-state index is 10.5. The Hall–Kier alpha value is -0.790. The zero-order valence-electron chi connectivity index (χ0n) is 6.63. The molecule has 0 rings (SSSR count). The van der Waals surface area contributed by atoms with Crippen LogP contribution in [0.15, 0.2) is 12.2 Å². The van der Waals surface area contributed by atoms with Crippen LogP contribution < -0.4 is 5.73 Å². The molecule has 0 aromatic rings. The minimum atomic E-state index is -0.204. The van der Waals surface area contributed by atoms with Gasteiger partial charge in [-0.1, -0.05) is 19.1 Å². The van der Waals surface area contributed by atoms with E-state index in [-0.39, 0.29) is 11.8 Å².